The molecule has 2 aromatic heterocycles. The summed E-state index contributed by atoms with van der Waals surface area (Å²) in [6.45, 7) is 2.65. The Morgan fingerprint density at radius 3 is 2.91 bits per heavy atom. The number of anilines is 1. The highest BCUT2D eigenvalue weighted by Gasteiger charge is 2.32. The van der Waals surface area contributed by atoms with Crippen LogP contribution in [0.5, 0.6) is 0 Å². The van der Waals surface area contributed by atoms with Gasteiger partial charge in [0.25, 0.3) is 0 Å². The van der Waals surface area contributed by atoms with Crippen LogP contribution < -0.4 is 5.73 Å². The number of morpholine rings is 1. The third kappa shape index (κ3) is 3.34. The largest absolute Gasteiger partial charge is 0.399 e. The van der Waals surface area contributed by atoms with E-state index < -0.39 is 16.1 Å². The predicted octanol–water partition coefficient (Wildman–Crippen LogP) is 1.13. The molecule has 3 heterocycles. The monoisotopic (exact) mass is 334 g/mol. The minimum Gasteiger partial charge on any atom is -0.399 e. The predicted molar refractivity (Wildman–Crippen MR) is 85.1 cm³/mol. The lowest BCUT2D eigenvalue weighted by molar-refractivity contribution is -0.00497. The number of sulfonamides is 1. The Balaban J connectivity index is 1.86. The first-order valence-corrected chi connectivity index (χ1v) is 8.66. The van der Waals surface area contributed by atoms with Crippen molar-refractivity contribution in [2.75, 3.05) is 25.4 Å². The van der Waals surface area contributed by atoms with Crippen molar-refractivity contribution in [1.29, 1.82) is 0 Å². The zero-order valence-electron chi connectivity index (χ0n) is 12.7. The number of hydrogen-bond donors (Lipinski definition) is 1. The van der Waals surface area contributed by atoms with Gasteiger partial charge in [-0.05, 0) is 31.2 Å². The van der Waals surface area contributed by atoms with Gasteiger partial charge in [-0.25, -0.2) is 8.42 Å². The number of ether oxygens (including phenoxy) is 1. The van der Waals surface area contributed by atoms with E-state index >= 15 is 0 Å². The molecule has 7 nitrogen and oxygen atoms in total. The molecule has 122 valence electrons. The lowest BCUT2D eigenvalue weighted by Gasteiger charge is -2.32. The third-order valence-corrected chi connectivity index (χ3v) is 5.48. The van der Waals surface area contributed by atoms with Crippen molar-refractivity contribution >= 4 is 15.7 Å². The Labute approximate surface area is 135 Å². The molecule has 0 radical (unpaired) electrons. The quantitative estimate of drug-likeness (QED) is 0.903. The summed E-state index contributed by atoms with van der Waals surface area (Å²) in [4.78, 5) is 8.47. The van der Waals surface area contributed by atoms with Gasteiger partial charge < -0.3 is 10.5 Å². The first kappa shape index (κ1) is 15.9. The summed E-state index contributed by atoms with van der Waals surface area (Å²) in [5.74, 6) is 0. The summed E-state index contributed by atoms with van der Waals surface area (Å²) >= 11 is 0. The number of hydrogen-bond acceptors (Lipinski definition) is 6. The average Bonchev–Trinajstić information content (AvgIpc) is 2.55. The molecule has 1 aliphatic rings. The fourth-order valence-electron chi connectivity index (χ4n) is 2.56. The van der Waals surface area contributed by atoms with E-state index in [1.807, 2.05) is 6.92 Å². The van der Waals surface area contributed by atoms with Gasteiger partial charge in [-0.15, -0.1) is 0 Å². The van der Waals surface area contributed by atoms with Crippen LogP contribution in [0.4, 0.5) is 5.69 Å². The van der Waals surface area contributed by atoms with Crippen molar-refractivity contribution < 1.29 is 13.2 Å². The molecule has 0 amide bonds. The molecule has 0 unspecified atom stereocenters. The van der Waals surface area contributed by atoms with Crippen LogP contribution in [0.1, 0.15) is 17.5 Å². The second kappa shape index (κ2) is 6.23. The minimum absolute atomic E-state index is 0.178. The van der Waals surface area contributed by atoms with E-state index in [-0.39, 0.29) is 11.4 Å². The van der Waals surface area contributed by atoms with Crippen LogP contribution >= 0.6 is 0 Å². The Kier molecular flexibility index (Phi) is 4.29. The molecule has 1 saturated heterocycles. The van der Waals surface area contributed by atoms with Crippen molar-refractivity contribution in [3.05, 3.63) is 48.0 Å². The Morgan fingerprint density at radius 1 is 1.39 bits per heavy atom. The zero-order valence-corrected chi connectivity index (χ0v) is 13.5. The van der Waals surface area contributed by atoms with Crippen molar-refractivity contribution in [3.8, 4) is 0 Å². The summed E-state index contributed by atoms with van der Waals surface area (Å²) in [5, 5.41) is 0. The van der Waals surface area contributed by atoms with E-state index in [2.05, 4.69) is 9.97 Å². The number of nitrogens with two attached hydrogens (primary N) is 1. The highest BCUT2D eigenvalue weighted by Crippen LogP contribution is 2.26. The maximum Gasteiger partial charge on any atom is 0.244 e. The molecule has 8 heteroatoms. The van der Waals surface area contributed by atoms with Crippen LogP contribution in [-0.4, -0.2) is 42.4 Å². The molecule has 3 rings (SSSR count). The SMILES string of the molecule is Cc1cc(N)cc([C@@H]2CN(S(=O)(=O)c3cccnc3)CCO2)n1. The second-order valence-electron chi connectivity index (χ2n) is 5.38. The van der Waals surface area contributed by atoms with Crippen molar-refractivity contribution in [3.63, 3.8) is 0 Å². The molecular formula is C15H18N4O3S. The first-order chi connectivity index (χ1) is 11.0. The minimum atomic E-state index is -3.59. The number of rotatable bonds is 3. The van der Waals surface area contributed by atoms with Gasteiger partial charge in [0, 0.05) is 36.9 Å². The summed E-state index contributed by atoms with van der Waals surface area (Å²) in [6, 6.07) is 6.62. The summed E-state index contributed by atoms with van der Waals surface area (Å²) in [6.07, 6.45) is 2.46. The normalized spacial score (nSPS) is 19.6. The molecular weight excluding hydrogens is 316 g/mol. The highest BCUT2D eigenvalue weighted by molar-refractivity contribution is 7.89. The second-order valence-corrected chi connectivity index (χ2v) is 7.32. The molecule has 0 bridgehead atoms. The molecule has 1 aliphatic heterocycles. The zero-order chi connectivity index (χ0) is 16.4. The maximum absolute atomic E-state index is 12.7. The van der Waals surface area contributed by atoms with Gasteiger partial charge in [0.2, 0.25) is 10.0 Å². The van der Waals surface area contributed by atoms with E-state index in [9.17, 15) is 8.42 Å². The Morgan fingerprint density at radius 2 is 2.22 bits per heavy atom. The molecule has 0 aromatic carbocycles. The van der Waals surface area contributed by atoms with Gasteiger partial charge in [0.1, 0.15) is 11.0 Å². The van der Waals surface area contributed by atoms with E-state index in [0.29, 0.717) is 24.5 Å². The smallest absolute Gasteiger partial charge is 0.244 e. The summed E-state index contributed by atoms with van der Waals surface area (Å²) in [7, 11) is -3.59. The van der Waals surface area contributed by atoms with E-state index in [4.69, 9.17) is 10.5 Å². The number of aryl methyl sites for hydroxylation is 1. The van der Waals surface area contributed by atoms with E-state index in [0.717, 1.165) is 5.69 Å². The van der Waals surface area contributed by atoms with E-state index in [1.165, 1.54) is 16.6 Å². The fraction of sp³-hybridized carbons (Fsp3) is 0.333. The first-order valence-electron chi connectivity index (χ1n) is 7.22. The summed E-state index contributed by atoms with van der Waals surface area (Å²) in [5.41, 5.74) is 7.85. The highest BCUT2D eigenvalue weighted by atomic mass is 32.2. The van der Waals surface area contributed by atoms with Crippen molar-refractivity contribution in [2.24, 2.45) is 0 Å². The lowest BCUT2D eigenvalue weighted by atomic mass is 10.2. The topological polar surface area (TPSA) is 98.4 Å². The number of aromatic nitrogens is 2. The fourth-order valence-corrected chi connectivity index (χ4v) is 3.95. The molecule has 2 aromatic rings. The Hall–Kier alpha value is -2.03. The van der Waals surface area contributed by atoms with Crippen LogP contribution in [-0.2, 0) is 14.8 Å². The van der Waals surface area contributed by atoms with Gasteiger partial charge in [0.05, 0.1) is 12.3 Å². The third-order valence-electron chi connectivity index (χ3n) is 3.63. The molecule has 0 aliphatic carbocycles. The van der Waals surface area contributed by atoms with Crippen LogP contribution in [0.3, 0.4) is 0 Å². The number of pyridine rings is 2. The lowest BCUT2D eigenvalue weighted by Crippen LogP contribution is -2.42. The van der Waals surface area contributed by atoms with E-state index in [1.54, 1.807) is 24.4 Å². The Bertz CT molecular complexity index is 775. The van der Waals surface area contributed by atoms with Gasteiger partial charge in [-0.2, -0.15) is 4.31 Å². The number of nitrogens with zero attached hydrogens (tertiary/aromatic N) is 3. The average molecular weight is 334 g/mol. The number of nitrogen functional groups attached to an aromatic ring is 1. The van der Waals surface area contributed by atoms with Gasteiger partial charge in [0.15, 0.2) is 0 Å². The molecule has 0 spiro atoms. The van der Waals surface area contributed by atoms with Crippen molar-refractivity contribution in [2.45, 2.75) is 17.9 Å². The maximum atomic E-state index is 12.7. The van der Waals surface area contributed by atoms with Gasteiger partial charge in [-0.1, -0.05) is 0 Å². The van der Waals surface area contributed by atoms with Gasteiger partial charge in [-0.3, -0.25) is 9.97 Å². The van der Waals surface area contributed by atoms with Gasteiger partial charge >= 0.3 is 0 Å². The van der Waals surface area contributed by atoms with Crippen LogP contribution in [0, 0.1) is 6.92 Å². The molecule has 23 heavy (non-hydrogen) atoms. The molecule has 2 N–H and O–H groups in total. The van der Waals surface area contributed by atoms with Crippen LogP contribution in [0.2, 0.25) is 0 Å². The van der Waals surface area contributed by atoms with Crippen LogP contribution in [0.15, 0.2) is 41.6 Å². The van der Waals surface area contributed by atoms with Crippen molar-refractivity contribution in [1.82, 2.24) is 14.3 Å². The standard InChI is InChI=1S/C15H18N4O3S/c1-11-7-12(16)8-14(18-11)15-10-19(5-6-22-15)23(20,21)13-3-2-4-17-9-13/h2-4,7-9,15H,5-6,10H2,1H3,(H2,16,18)/t15-/m0/s1. The summed E-state index contributed by atoms with van der Waals surface area (Å²) < 4.78 is 32.5. The van der Waals surface area contributed by atoms with Crippen LogP contribution in [0.25, 0.3) is 0 Å². The molecule has 0 saturated carbocycles. The molecule has 1 atom stereocenters. The molecule has 1 fully saturated rings.